The van der Waals surface area contributed by atoms with Gasteiger partial charge in [-0.15, -0.1) is 0 Å². The predicted octanol–water partition coefficient (Wildman–Crippen LogP) is 3.90. The van der Waals surface area contributed by atoms with Gasteiger partial charge in [0, 0.05) is 30.4 Å². The second kappa shape index (κ2) is 6.85. The van der Waals surface area contributed by atoms with Crippen molar-refractivity contribution >= 4 is 0 Å². The molecule has 4 nitrogen and oxygen atoms in total. The fourth-order valence-corrected chi connectivity index (χ4v) is 2.29. The summed E-state index contributed by atoms with van der Waals surface area (Å²) in [4.78, 5) is 4.23. The molecule has 7 heteroatoms. The Hall–Kier alpha value is -3.01. The van der Waals surface area contributed by atoms with Crippen LogP contribution in [0.4, 0.5) is 13.2 Å². The highest BCUT2D eigenvalue weighted by molar-refractivity contribution is 5.41. The summed E-state index contributed by atoms with van der Waals surface area (Å²) >= 11 is 0. The lowest BCUT2D eigenvalue weighted by molar-refractivity contribution is -0.137. The third-order valence-corrected chi connectivity index (χ3v) is 3.55. The van der Waals surface area contributed by atoms with Gasteiger partial charge in [0.15, 0.2) is 0 Å². The fraction of sp³-hybridized carbons (Fsp3) is 0.222. The van der Waals surface area contributed by atoms with Crippen molar-refractivity contribution in [2.24, 2.45) is 0 Å². The molecule has 0 saturated carbocycles. The molecule has 0 N–H and O–H groups in total. The first-order valence-corrected chi connectivity index (χ1v) is 7.60. The average Bonchev–Trinajstić information content (AvgIpc) is 3.22. The van der Waals surface area contributed by atoms with E-state index in [2.05, 4.69) is 22.0 Å². The smallest absolute Gasteiger partial charge is 0.347 e. The van der Waals surface area contributed by atoms with Crippen molar-refractivity contribution in [1.82, 2.24) is 14.7 Å². The topological polar surface area (TPSA) is 43.9 Å². The van der Waals surface area contributed by atoms with Gasteiger partial charge in [-0.3, -0.25) is 0 Å². The van der Waals surface area contributed by atoms with Crippen molar-refractivity contribution in [2.45, 2.75) is 26.1 Å². The molecule has 0 radical (unpaired) electrons. The molecule has 0 aliphatic rings. The zero-order chi connectivity index (χ0) is 17.9. The van der Waals surface area contributed by atoms with E-state index in [4.69, 9.17) is 4.52 Å². The molecule has 25 heavy (non-hydrogen) atoms. The van der Waals surface area contributed by atoms with Gasteiger partial charge in [0.25, 0.3) is 0 Å². The number of benzene rings is 1. The van der Waals surface area contributed by atoms with E-state index in [-0.39, 0.29) is 0 Å². The molecule has 1 aromatic carbocycles. The van der Waals surface area contributed by atoms with Crippen LogP contribution in [0.1, 0.15) is 35.3 Å². The highest BCUT2D eigenvalue weighted by Crippen LogP contribution is 2.28. The molecule has 0 atom stereocenters. The number of halogens is 3. The number of alkyl halides is 3. The van der Waals surface area contributed by atoms with Crippen molar-refractivity contribution in [3.63, 3.8) is 0 Å². The Morgan fingerprint density at radius 2 is 1.92 bits per heavy atom. The van der Waals surface area contributed by atoms with Crippen LogP contribution >= 0.6 is 0 Å². The Kier molecular flexibility index (Phi) is 4.61. The van der Waals surface area contributed by atoms with E-state index < -0.39 is 11.7 Å². The molecular formula is C18H14F3N3O. The number of hydrogen-bond acceptors (Lipinski definition) is 3. The number of nitrogens with zero attached hydrogens (tertiary/aromatic N) is 3. The Labute approximate surface area is 142 Å². The van der Waals surface area contributed by atoms with Gasteiger partial charge in [-0.25, -0.2) is 4.98 Å². The van der Waals surface area contributed by atoms with Crippen LogP contribution in [0.5, 0.6) is 0 Å². The van der Waals surface area contributed by atoms with E-state index in [9.17, 15) is 13.2 Å². The first-order chi connectivity index (χ1) is 12.0. The van der Waals surface area contributed by atoms with E-state index in [1.54, 1.807) is 12.3 Å². The molecule has 2 aromatic heterocycles. The van der Waals surface area contributed by atoms with Gasteiger partial charge in [-0.05, 0) is 30.2 Å². The molecule has 0 saturated heterocycles. The molecule has 0 fully saturated rings. The second-order valence-corrected chi connectivity index (χ2v) is 5.33. The summed E-state index contributed by atoms with van der Waals surface area (Å²) in [6, 6.07) is 6.36. The largest absolute Gasteiger partial charge is 0.416 e. The molecule has 0 amide bonds. The molecule has 0 aliphatic carbocycles. The van der Waals surface area contributed by atoms with Crippen molar-refractivity contribution in [3.8, 4) is 11.8 Å². The van der Waals surface area contributed by atoms with Crippen molar-refractivity contribution < 1.29 is 17.7 Å². The van der Waals surface area contributed by atoms with Crippen LogP contribution in [0.25, 0.3) is 0 Å². The first-order valence-electron chi connectivity index (χ1n) is 7.60. The summed E-state index contributed by atoms with van der Waals surface area (Å²) in [5.41, 5.74) is 0.463. The highest BCUT2D eigenvalue weighted by Gasteiger charge is 2.29. The van der Waals surface area contributed by atoms with E-state index in [0.717, 1.165) is 24.4 Å². The number of aromatic nitrogens is 3. The number of hydrogen-bond donors (Lipinski definition) is 0. The number of rotatable bonds is 3. The van der Waals surface area contributed by atoms with Crippen molar-refractivity contribution in [2.75, 3.05) is 0 Å². The third-order valence-electron chi connectivity index (χ3n) is 3.55. The predicted molar refractivity (Wildman–Crippen MR) is 84.6 cm³/mol. The molecule has 128 valence electrons. The summed E-state index contributed by atoms with van der Waals surface area (Å²) in [7, 11) is 0. The van der Waals surface area contributed by atoms with Gasteiger partial charge >= 0.3 is 6.18 Å². The quantitative estimate of drug-likeness (QED) is 0.676. The Morgan fingerprint density at radius 3 is 2.60 bits per heavy atom. The maximum atomic E-state index is 12.5. The van der Waals surface area contributed by atoms with Crippen LogP contribution < -0.4 is 0 Å². The molecule has 0 aliphatic heterocycles. The monoisotopic (exact) mass is 345 g/mol. The van der Waals surface area contributed by atoms with Gasteiger partial charge in [0.1, 0.15) is 11.5 Å². The van der Waals surface area contributed by atoms with Crippen LogP contribution in [0.3, 0.4) is 0 Å². The molecule has 2 heterocycles. The van der Waals surface area contributed by atoms with E-state index in [1.807, 2.05) is 17.7 Å². The zero-order valence-electron chi connectivity index (χ0n) is 13.3. The molecular weight excluding hydrogens is 331 g/mol. The normalized spacial score (nSPS) is 11.2. The molecule has 0 unspecified atom stereocenters. The van der Waals surface area contributed by atoms with Gasteiger partial charge in [-0.1, -0.05) is 18.0 Å². The van der Waals surface area contributed by atoms with Crippen molar-refractivity contribution in [3.05, 3.63) is 71.1 Å². The Morgan fingerprint density at radius 1 is 1.16 bits per heavy atom. The van der Waals surface area contributed by atoms with Gasteiger partial charge in [-0.2, -0.15) is 13.2 Å². The lowest BCUT2D eigenvalue weighted by Gasteiger charge is -2.05. The summed E-state index contributed by atoms with van der Waals surface area (Å²) in [6.45, 7) is 2.54. The molecule has 0 bridgehead atoms. The van der Waals surface area contributed by atoms with Gasteiger partial charge < -0.3 is 9.09 Å². The van der Waals surface area contributed by atoms with Crippen LogP contribution in [-0.4, -0.2) is 14.7 Å². The minimum atomic E-state index is -4.35. The van der Waals surface area contributed by atoms with Gasteiger partial charge in [0.2, 0.25) is 5.76 Å². The molecule has 0 spiro atoms. The number of imidazole rings is 1. The highest BCUT2D eigenvalue weighted by atomic mass is 19.4. The Bertz CT molecular complexity index is 911. The minimum absolute atomic E-state index is 0.355. The van der Waals surface area contributed by atoms with Crippen LogP contribution in [-0.2, 0) is 19.1 Å². The van der Waals surface area contributed by atoms with Crippen LogP contribution in [0, 0.1) is 11.8 Å². The summed E-state index contributed by atoms with van der Waals surface area (Å²) in [6.07, 6.45) is 0.0488. The van der Waals surface area contributed by atoms with Crippen LogP contribution in [0.2, 0.25) is 0 Å². The average molecular weight is 345 g/mol. The van der Waals surface area contributed by atoms with Gasteiger partial charge in [0.05, 0.1) is 12.1 Å². The maximum Gasteiger partial charge on any atom is 0.416 e. The summed E-state index contributed by atoms with van der Waals surface area (Å²) in [5.74, 6) is 6.83. The summed E-state index contributed by atoms with van der Waals surface area (Å²) in [5, 5.41) is 3.95. The standard InChI is InChI=1S/C18H14F3N3O/c1-2-17-22-9-10-24(17)12-15-11-16(25-23-15)8-5-13-3-6-14(7-4-13)18(19,20)21/h3-4,6-7,9-11H,2,12H2,1H3. The van der Waals surface area contributed by atoms with E-state index in [1.165, 1.54) is 12.1 Å². The van der Waals surface area contributed by atoms with Crippen LogP contribution in [0.15, 0.2) is 47.2 Å². The van der Waals surface area contributed by atoms with Crippen molar-refractivity contribution in [1.29, 1.82) is 0 Å². The van der Waals surface area contributed by atoms with E-state index in [0.29, 0.717) is 23.6 Å². The molecule has 3 aromatic rings. The zero-order valence-corrected chi connectivity index (χ0v) is 13.3. The SMILES string of the molecule is CCc1nccn1Cc1cc(C#Cc2ccc(C(F)(F)F)cc2)on1. The first kappa shape index (κ1) is 16.8. The summed E-state index contributed by atoms with van der Waals surface area (Å²) < 4.78 is 44.7. The second-order valence-electron chi connectivity index (χ2n) is 5.33. The number of aryl methyl sites for hydroxylation is 1. The minimum Gasteiger partial charge on any atom is -0.347 e. The maximum absolute atomic E-state index is 12.5. The lowest BCUT2D eigenvalue weighted by Crippen LogP contribution is -2.04. The molecule has 3 rings (SSSR count). The fourth-order valence-electron chi connectivity index (χ4n) is 2.29. The third kappa shape index (κ3) is 4.10. The lowest BCUT2D eigenvalue weighted by atomic mass is 10.1. The Balaban J connectivity index is 1.71. The van der Waals surface area contributed by atoms with E-state index >= 15 is 0 Å².